The lowest BCUT2D eigenvalue weighted by Gasteiger charge is -2.23. The third-order valence-corrected chi connectivity index (χ3v) is 2.74. The topological polar surface area (TPSA) is 74.7 Å². The summed E-state index contributed by atoms with van der Waals surface area (Å²) in [6.07, 6.45) is 3.76. The first-order valence-electron chi connectivity index (χ1n) is 5.71. The molecule has 1 fully saturated rings. The van der Waals surface area contributed by atoms with E-state index >= 15 is 0 Å². The average Bonchev–Trinajstić information content (AvgIpc) is 2.25. The van der Waals surface area contributed by atoms with Gasteiger partial charge in [-0.2, -0.15) is 0 Å². The number of carbonyl (C=O) groups is 3. The molecule has 0 bridgehead atoms. The lowest BCUT2D eigenvalue weighted by Crippen LogP contribution is -2.40. The van der Waals surface area contributed by atoms with E-state index in [1.54, 1.807) is 6.08 Å². The van der Waals surface area contributed by atoms with Crippen LogP contribution in [0.2, 0.25) is 0 Å². The number of aliphatic carboxylic acids is 1. The third-order valence-electron chi connectivity index (χ3n) is 2.74. The molecule has 0 aromatic rings. The minimum atomic E-state index is -0.845. The van der Waals surface area contributed by atoms with E-state index in [9.17, 15) is 14.4 Å². The molecule has 1 heterocycles. The van der Waals surface area contributed by atoms with Crippen molar-refractivity contribution in [2.24, 2.45) is 0 Å². The van der Waals surface area contributed by atoms with Crippen LogP contribution in [0.25, 0.3) is 0 Å². The van der Waals surface area contributed by atoms with Crippen molar-refractivity contribution in [3.05, 3.63) is 11.6 Å². The van der Waals surface area contributed by atoms with Crippen molar-refractivity contribution in [1.29, 1.82) is 0 Å². The van der Waals surface area contributed by atoms with Gasteiger partial charge in [-0.1, -0.05) is 11.6 Å². The molecular formula is C12H17NO4. The van der Waals surface area contributed by atoms with Crippen LogP contribution in [0.4, 0.5) is 0 Å². The van der Waals surface area contributed by atoms with Crippen molar-refractivity contribution in [1.82, 2.24) is 4.90 Å². The number of piperidine rings is 1. The van der Waals surface area contributed by atoms with E-state index in [2.05, 4.69) is 0 Å². The molecule has 0 unspecified atom stereocenters. The maximum absolute atomic E-state index is 11.5. The van der Waals surface area contributed by atoms with E-state index in [0.717, 1.165) is 5.57 Å². The van der Waals surface area contributed by atoms with Gasteiger partial charge in [-0.3, -0.25) is 19.3 Å². The van der Waals surface area contributed by atoms with Gasteiger partial charge >= 0.3 is 5.97 Å². The normalized spacial score (nSPS) is 17.5. The molecule has 0 radical (unpaired) electrons. The molecule has 0 aliphatic carbocycles. The number of likely N-dealkylation sites (tertiary alicyclic amines) is 1. The van der Waals surface area contributed by atoms with E-state index in [1.165, 1.54) is 4.90 Å². The first-order chi connectivity index (χ1) is 8.00. The Morgan fingerprint density at radius 3 is 2.41 bits per heavy atom. The van der Waals surface area contributed by atoms with Crippen LogP contribution in [0.1, 0.15) is 39.0 Å². The molecule has 0 atom stereocenters. The van der Waals surface area contributed by atoms with Crippen LogP contribution in [-0.2, 0) is 14.4 Å². The molecule has 5 nitrogen and oxygen atoms in total. The standard InChI is InChI=1S/C12H17NO4/c1-9(5-6-12(16)17)7-8-13-10(14)3-2-4-11(13)15/h7H,2-6,8H2,1H3,(H,16,17)/b9-7+. The number of nitrogens with zero attached hydrogens (tertiary/aromatic N) is 1. The van der Waals surface area contributed by atoms with E-state index in [4.69, 9.17) is 5.11 Å². The average molecular weight is 239 g/mol. The molecule has 0 spiro atoms. The van der Waals surface area contributed by atoms with Gasteiger partial charge in [0, 0.05) is 25.8 Å². The Bertz CT molecular complexity index is 344. The Labute approximate surface area is 100 Å². The molecule has 1 saturated heterocycles. The Kier molecular flexibility index (Phi) is 4.87. The maximum Gasteiger partial charge on any atom is 0.303 e. The fraction of sp³-hybridized carbons (Fsp3) is 0.583. The van der Waals surface area contributed by atoms with Gasteiger partial charge < -0.3 is 5.11 Å². The molecule has 0 aromatic carbocycles. The second kappa shape index (κ2) is 6.18. The van der Waals surface area contributed by atoms with E-state index < -0.39 is 5.97 Å². The van der Waals surface area contributed by atoms with Crippen molar-refractivity contribution in [3.8, 4) is 0 Å². The largest absolute Gasteiger partial charge is 0.481 e. The second-order valence-corrected chi connectivity index (χ2v) is 4.20. The number of hydrogen-bond donors (Lipinski definition) is 1. The van der Waals surface area contributed by atoms with Gasteiger partial charge in [0.25, 0.3) is 0 Å². The third kappa shape index (κ3) is 4.38. The highest BCUT2D eigenvalue weighted by Crippen LogP contribution is 2.13. The number of rotatable bonds is 5. The number of carbonyl (C=O) groups excluding carboxylic acids is 2. The fourth-order valence-electron chi connectivity index (χ4n) is 1.66. The van der Waals surface area contributed by atoms with E-state index in [1.807, 2.05) is 6.92 Å². The molecule has 1 aliphatic rings. The summed E-state index contributed by atoms with van der Waals surface area (Å²) in [4.78, 5) is 34.5. The number of carboxylic acids is 1. The predicted molar refractivity (Wildman–Crippen MR) is 61.2 cm³/mol. The van der Waals surface area contributed by atoms with Crippen LogP contribution in [0.3, 0.4) is 0 Å². The smallest absolute Gasteiger partial charge is 0.303 e. The minimum absolute atomic E-state index is 0.0736. The summed E-state index contributed by atoms with van der Waals surface area (Å²) in [6, 6.07) is 0. The van der Waals surface area contributed by atoms with Crippen LogP contribution in [0.15, 0.2) is 11.6 Å². The first-order valence-corrected chi connectivity index (χ1v) is 5.71. The summed E-state index contributed by atoms with van der Waals surface area (Å²) in [5.74, 6) is -1.12. The Balaban J connectivity index is 2.47. The highest BCUT2D eigenvalue weighted by molar-refractivity contribution is 5.97. The van der Waals surface area contributed by atoms with Gasteiger partial charge in [0.2, 0.25) is 11.8 Å². The summed E-state index contributed by atoms with van der Waals surface area (Å²) in [7, 11) is 0. The highest BCUT2D eigenvalue weighted by atomic mass is 16.4. The lowest BCUT2D eigenvalue weighted by atomic mass is 10.1. The van der Waals surface area contributed by atoms with Gasteiger partial charge in [0.15, 0.2) is 0 Å². The van der Waals surface area contributed by atoms with Crippen molar-refractivity contribution in [3.63, 3.8) is 0 Å². The van der Waals surface area contributed by atoms with Crippen LogP contribution in [0.5, 0.6) is 0 Å². The number of hydrogen-bond acceptors (Lipinski definition) is 3. The monoisotopic (exact) mass is 239 g/mol. The molecule has 2 amide bonds. The summed E-state index contributed by atoms with van der Waals surface area (Å²) in [5.41, 5.74) is 0.888. The molecule has 1 N–H and O–H groups in total. The quantitative estimate of drug-likeness (QED) is 0.580. The van der Waals surface area contributed by atoms with Gasteiger partial charge in [0.1, 0.15) is 0 Å². The molecule has 0 saturated carbocycles. The van der Waals surface area contributed by atoms with Gasteiger partial charge in [-0.25, -0.2) is 0 Å². The number of carboxylic acid groups (broad SMARTS) is 1. The predicted octanol–water partition coefficient (Wildman–Crippen LogP) is 1.34. The summed E-state index contributed by atoms with van der Waals surface area (Å²) < 4.78 is 0. The van der Waals surface area contributed by atoms with Crippen molar-refractivity contribution < 1.29 is 19.5 Å². The summed E-state index contributed by atoms with van der Waals surface area (Å²) >= 11 is 0. The zero-order chi connectivity index (χ0) is 12.8. The minimum Gasteiger partial charge on any atom is -0.481 e. The number of amides is 2. The second-order valence-electron chi connectivity index (χ2n) is 4.20. The Morgan fingerprint density at radius 1 is 1.29 bits per heavy atom. The molecule has 1 aliphatic heterocycles. The zero-order valence-corrected chi connectivity index (χ0v) is 9.94. The first kappa shape index (κ1) is 13.4. The molecule has 0 aromatic heterocycles. The number of imide groups is 1. The van der Waals surface area contributed by atoms with Crippen molar-refractivity contribution in [2.75, 3.05) is 6.54 Å². The van der Waals surface area contributed by atoms with Crippen molar-refractivity contribution in [2.45, 2.75) is 39.0 Å². The van der Waals surface area contributed by atoms with Crippen LogP contribution >= 0.6 is 0 Å². The van der Waals surface area contributed by atoms with Crippen LogP contribution in [0, 0.1) is 0 Å². The van der Waals surface area contributed by atoms with Crippen LogP contribution < -0.4 is 0 Å². The summed E-state index contributed by atoms with van der Waals surface area (Å²) in [6.45, 7) is 2.07. The lowest BCUT2D eigenvalue weighted by molar-refractivity contribution is -0.147. The Hall–Kier alpha value is -1.65. The Morgan fingerprint density at radius 2 is 1.88 bits per heavy atom. The number of allylic oxidation sites excluding steroid dienone is 1. The molecular weight excluding hydrogens is 222 g/mol. The fourth-order valence-corrected chi connectivity index (χ4v) is 1.66. The molecule has 1 rings (SSSR count). The SMILES string of the molecule is C/C(=C\CN1C(=O)CCCC1=O)CCC(=O)O. The van der Waals surface area contributed by atoms with Crippen molar-refractivity contribution >= 4 is 17.8 Å². The van der Waals surface area contributed by atoms with Gasteiger partial charge in [-0.15, -0.1) is 0 Å². The highest BCUT2D eigenvalue weighted by Gasteiger charge is 2.24. The molecule has 5 heteroatoms. The molecule has 17 heavy (non-hydrogen) atoms. The van der Waals surface area contributed by atoms with E-state index in [-0.39, 0.29) is 24.8 Å². The summed E-state index contributed by atoms with van der Waals surface area (Å²) in [5, 5.41) is 8.52. The van der Waals surface area contributed by atoms with Gasteiger partial charge in [-0.05, 0) is 19.8 Å². The maximum atomic E-state index is 11.5. The molecule has 94 valence electrons. The van der Waals surface area contributed by atoms with Gasteiger partial charge in [0.05, 0.1) is 0 Å². The van der Waals surface area contributed by atoms with Crippen LogP contribution in [-0.4, -0.2) is 34.3 Å². The van der Waals surface area contributed by atoms with E-state index in [0.29, 0.717) is 25.7 Å². The zero-order valence-electron chi connectivity index (χ0n) is 9.94.